The summed E-state index contributed by atoms with van der Waals surface area (Å²) in [5.41, 5.74) is 0.649. The van der Waals surface area contributed by atoms with E-state index in [0.29, 0.717) is 23.0 Å². The largest absolute Gasteiger partial charge is 0.506 e. The number of fused-ring (bicyclic) bond motifs is 1. The van der Waals surface area contributed by atoms with Gasteiger partial charge >= 0.3 is 0 Å². The van der Waals surface area contributed by atoms with Gasteiger partial charge in [-0.25, -0.2) is 0 Å². The van der Waals surface area contributed by atoms with E-state index in [9.17, 15) is 20.1 Å². The van der Waals surface area contributed by atoms with E-state index in [-0.39, 0.29) is 23.5 Å². The summed E-state index contributed by atoms with van der Waals surface area (Å²) < 4.78 is 0. The summed E-state index contributed by atoms with van der Waals surface area (Å²) in [7, 11) is 0. The minimum atomic E-state index is -0.790. The van der Waals surface area contributed by atoms with Crippen LogP contribution in [0.2, 0.25) is 0 Å². The Balaban J connectivity index is 1.83. The highest BCUT2D eigenvalue weighted by Gasteiger charge is 2.25. The van der Waals surface area contributed by atoms with Gasteiger partial charge < -0.3 is 25.6 Å². The van der Waals surface area contributed by atoms with Gasteiger partial charge in [0.05, 0.1) is 17.7 Å². The van der Waals surface area contributed by atoms with Gasteiger partial charge in [0.25, 0.3) is 0 Å². The number of phenolic OH excluding ortho intramolecular Hbond substituents is 1. The predicted molar refractivity (Wildman–Crippen MR) is 82.8 cm³/mol. The van der Waals surface area contributed by atoms with Crippen LogP contribution in [0.15, 0.2) is 29.1 Å². The third-order valence-corrected chi connectivity index (χ3v) is 4.32. The second kappa shape index (κ2) is 6.08. The molecule has 6 nitrogen and oxygen atoms in total. The number of aliphatic hydroxyl groups is 2. The van der Waals surface area contributed by atoms with Crippen LogP contribution in [-0.2, 0) is 0 Å². The highest BCUT2D eigenvalue weighted by Crippen LogP contribution is 2.29. The zero-order chi connectivity index (χ0) is 15.7. The smallest absolute Gasteiger partial charge is 0.248 e. The average molecular weight is 304 g/mol. The molecule has 0 aliphatic heterocycles. The Morgan fingerprint density at radius 2 is 2.09 bits per heavy atom. The van der Waals surface area contributed by atoms with Gasteiger partial charge in [-0.1, -0.05) is 6.07 Å². The number of pyridine rings is 1. The van der Waals surface area contributed by atoms with Crippen LogP contribution in [0.25, 0.3) is 10.9 Å². The van der Waals surface area contributed by atoms with Crippen molar-refractivity contribution in [1.29, 1.82) is 0 Å². The molecule has 1 saturated carbocycles. The first-order valence-corrected chi connectivity index (χ1v) is 7.50. The third kappa shape index (κ3) is 2.85. The third-order valence-electron chi connectivity index (χ3n) is 4.32. The zero-order valence-corrected chi connectivity index (χ0v) is 12.1. The van der Waals surface area contributed by atoms with E-state index < -0.39 is 6.10 Å². The van der Waals surface area contributed by atoms with Gasteiger partial charge in [0, 0.05) is 24.0 Å². The van der Waals surface area contributed by atoms with E-state index in [1.807, 2.05) is 0 Å². The summed E-state index contributed by atoms with van der Waals surface area (Å²) in [4.78, 5) is 14.0. The molecule has 3 atom stereocenters. The van der Waals surface area contributed by atoms with Gasteiger partial charge in [-0.05, 0) is 37.0 Å². The second-order valence-corrected chi connectivity index (χ2v) is 5.81. The quantitative estimate of drug-likeness (QED) is 0.574. The molecule has 0 saturated heterocycles. The molecule has 3 rings (SSSR count). The number of nitrogens with one attached hydrogen (secondary N) is 2. The molecule has 2 aromatic rings. The number of rotatable bonds is 4. The number of aromatic nitrogens is 1. The first-order chi connectivity index (χ1) is 10.6. The lowest BCUT2D eigenvalue weighted by atomic mass is 10.0. The minimum absolute atomic E-state index is 0.0119. The topological polar surface area (TPSA) is 106 Å². The first kappa shape index (κ1) is 15.0. The zero-order valence-electron chi connectivity index (χ0n) is 12.1. The summed E-state index contributed by atoms with van der Waals surface area (Å²) in [5.74, 6) is -0.0252. The molecule has 1 aromatic heterocycles. The van der Waals surface area contributed by atoms with Crippen molar-refractivity contribution in [1.82, 2.24) is 10.3 Å². The molecule has 22 heavy (non-hydrogen) atoms. The lowest BCUT2D eigenvalue weighted by molar-refractivity contribution is 0.127. The molecule has 1 unspecified atom stereocenters. The fourth-order valence-electron chi connectivity index (χ4n) is 3.10. The van der Waals surface area contributed by atoms with Crippen molar-refractivity contribution in [2.75, 3.05) is 6.54 Å². The lowest BCUT2D eigenvalue weighted by Crippen LogP contribution is -2.38. The number of hydrogen-bond acceptors (Lipinski definition) is 5. The first-order valence-electron chi connectivity index (χ1n) is 7.50. The van der Waals surface area contributed by atoms with Crippen LogP contribution < -0.4 is 10.9 Å². The van der Waals surface area contributed by atoms with Crippen LogP contribution in [0, 0.1) is 0 Å². The number of benzene rings is 1. The standard InChI is InChI=1S/C16H20N2O4/c19-12-3-1-2-11(12)17-8-14(21)9-4-6-13(20)16-10(9)5-7-15(22)18-16/h4-7,11-12,14,17,19-21H,1-3,8H2,(H,18,22)/t11-,12-,14?/m0/s1. The molecule has 6 heteroatoms. The summed E-state index contributed by atoms with van der Waals surface area (Å²) >= 11 is 0. The van der Waals surface area contributed by atoms with Gasteiger partial charge in [0.15, 0.2) is 0 Å². The van der Waals surface area contributed by atoms with Crippen molar-refractivity contribution < 1.29 is 15.3 Å². The summed E-state index contributed by atoms with van der Waals surface area (Å²) in [5, 5.41) is 33.8. The summed E-state index contributed by atoms with van der Waals surface area (Å²) in [6.45, 7) is 0.306. The van der Waals surface area contributed by atoms with Gasteiger partial charge in [0.2, 0.25) is 5.56 Å². The Labute approximate surface area is 127 Å². The number of H-pyrrole nitrogens is 1. The Hall–Kier alpha value is -1.89. The van der Waals surface area contributed by atoms with Crippen LogP contribution in [0.4, 0.5) is 0 Å². The van der Waals surface area contributed by atoms with E-state index in [0.717, 1.165) is 19.3 Å². The van der Waals surface area contributed by atoms with E-state index in [4.69, 9.17) is 0 Å². The van der Waals surface area contributed by atoms with Crippen molar-refractivity contribution in [2.24, 2.45) is 0 Å². The molecular formula is C16H20N2O4. The van der Waals surface area contributed by atoms with Crippen LogP contribution in [0.3, 0.4) is 0 Å². The number of aliphatic hydroxyl groups excluding tert-OH is 2. The van der Waals surface area contributed by atoms with Crippen molar-refractivity contribution >= 4 is 10.9 Å². The summed E-state index contributed by atoms with van der Waals surface area (Å²) in [6, 6.07) is 6.08. The van der Waals surface area contributed by atoms with Crippen molar-refractivity contribution in [3.05, 3.63) is 40.2 Å². The van der Waals surface area contributed by atoms with Crippen molar-refractivity contribution in [3.63, 3.8) is 0 Å². The molecule has 0 amide bonds. The van der Waals surface area contributed by atoms with Gasteiger partial charge in [-0.3, -0.25) is 4.79 Å². The van der Waals surface area contributed by atoms with E-state index in [1.165, 1.54) is 12.1 Å². The predicted octanol–water partition coefficient (Wildman–Crippen LogP) is 0.770. The van der Waals surface area contributed by atoms with Gasteiger partial charge in [0.1, 0.15) is 5.75 Å². The van der Waals surface area contributed by atoms with Crippen LogP contribution in [-0.4, -0.2) is 39.0 Å². The molecular weight excluding hydrogens is 284 g/mol. The van der Waals surface area contributed by atoms with Gasteiger partial charge in [-0.2, -0.15) is 0 Å². The normalized spacial score (nSPS) is 23.0. The second-order valence-electron chi connectivity index (χ2n) is 5.81. The average Bonchev–Trinajstić information content (AvgIpc) is 2.91. The molecule has 1 aliphatic carbocycles. The molecule has 118 valence electrons. The molecule has 1 aliphatic rings. The van der Waals surface area contributed by atoms with Crippen LogP contribution in [0.5, 0.6) is 5.75 Å². The van der Waals surface area contributed by atoms with Crippen molar-refractivity contribution in [2.45, 2.75) is 37.5 Å². The minimum Gasteiger partial charge on any atom is -0.506 e. The maximum Gasteiger partial charge on any atom is 0.248 e. The van der Waals surface area contributed by atoms with E-state index in [2.05, 4.69) is 10.3 Å². The fourth-order valence-corrected chi connectivity index (χ4v) is 3.10. The molecule has 5 N–H and O–H groups in total. The lowest BCUT2D eigenvalue weighted by Gasteiger charge is -2.20. The van der Waals surface area contributed by atoms with Gasteiger partial charge in [-0.15, -0.1) is 0 Å². The highest BCUT2D eigenvalue weighted by atomic mass is 16.3. The molecule has 0 spiro atoms. The van der Waals surface area contributed by atoms with Crippen LogP contribution >= 0.6 is 0 Å². The molecule has 1 fully saturated rings. The Bertz CT molecular complexity index is 728. The maximum absolute atomic E-state index is 11.4. The van der Waals surface area contributed by atoms with Crippen molar-refractivity contribution in [3.8, 4) is 5.75 Å². The number of aromatic hydroxyl groups is 1. The monoisotopic (exact) mass is 304 g/mol. The van der Waals surface area contributed by atoms with E-state index in [1.54, 1.807) is 12.1 Å². The SMILES string of the molecule is O=c1ccc2c(C(O)CN[C@H]3CCC[C@@H]3O)ccc(O)c2[nH]1. The maximum atomic E-state index is 11.4. The summed E-state index contributed by atoms with van der Waals surface area (Å²) in [6.07, 6.45) is 1.52. The number of aromatic amines is 1. The number of hydrogen-bond donors (Lipinski definition) is 5. The Morgan fingerprint density at radius 1 is 1.27 bits per heavy atom. The number of phenols is 1. The fraction of sp³-hybridized carbons (Fsp3) is 0.438. The van der Waals surface area contributed by atoms with Crippen LogP contribution in [0.1, 0.15) is 30.9 Å². The highest BCUT2D eigenvalue weighted by molar-refractivity contribution is 5.87. The molecule has 0 radical (unpaired) electrons. The molecule has 1 heterocycles. The van der Waals surface area contributed by atoms with E-state index >= 15 is 0 Å². The molecule has 0 bridgehead atoms. The Morgan fingerprint density at radius 3 is 2.82 bits per heavy atom. The molecule has 1 aromatic carbocycles. The Kier molecular flexibility index (Phi) is 4.15.